The van der Waals surface area contributed by atoms with Crippen molar-refractivity contribution in [2.24, 2.45) is 11.5 Å². The fraction of sp³-hybridized carbons (Fsp3) is 0.273. The maximum Gasteiger partial charge on any atom is 0.257 e. The molecule has 1 amide bonds. The number of nitrogens with zero attached hydrogens (tertiary/aromatic N) is 2. The highest BCUT2D eigenvalue weighted by molar-refractivity contribution is 8.04. The first kappa shape index (κ1) is 11.9. The molecule has 5 nitrogen and oxygen atoms in total. The largest absolute Gasteiger partial charge is 0.365 e. The van der Waals surface area contributed by atoms with Crippen molar-refractivity contribution in [3.05, 3.63) is 40.7 Å². The van der Waals surface area contributed by atoms with Crippen molar-refractivity contribution in [2.45, 2.75) is 19.0 Å². The fourth-order valence-corrected chi connectivity index (χ4v) is 2.73. The van der Waals surface area contributed by atoms with Crippen LogP contribution in [-0.2, 0) is 11.3 Å². The van der Waals surface area contributed by atoms with Gasteiger partial charge in [-0.05, 0) is 18.6 Å². The number of carbonyl (C=O) groups excluding carboxylic acids is 1. The fourth-order valence-electron chi connectivity index (χ4n) is 1.72. The maximum atomic E-state index is 11.2. The van der Waals surface area contributed by atoms with Crippen molar-refractivity contribution in [3.8, 4) is 0 Å². The van der Waals surface area contributed by atoms with E-state index in [1.165, 1.54) is 11.8 Å². The number of allylic oxidation sites excluding steroid dienone is 1. The number of primary amides is 1. The summed E-state index contributed by atoms with van der Waals surface area (Å²) in [6.07, 6.45) is 3.51. The molecule has 2 rings (SSSR count). The van der Waals surface area contributed by atoms with Crippen molar-refractivity contribution in [3.63, 3.8) is 0 Å². The summed E-state index contributed by atoms with van der Waals surface area (Å²) in [6.45, 7) is 2.49. The van der Waals surface area contributed by atoms with Crippen molar-refractivity contribution >= 4 is 17.7 Å². The summed E-state index contributed by atoms with van der Waals surface area (Å²) in [5.41, 5.74) is 12.9. The van der Waals surface area contributed by atoms with Crippen LogP contribution in [0.15, 0.2) is 35.1 Å². The molecule has 1 aromatic heterocycles. The summed E-state index contributed by atoms with van der Waals surface area (Å²) in [4.78, 5) is 17.7. The molecule has 1 unspecified atom stereocenters. The highest BCUT2D eigenvalue weighted by Crippen LogP contribution is 2.35. The third kappa shape index (κ3) is 2.42. The van der Waals surface area contributed by atoms with E-state index in [1.54, 1.807) is 12.4 Å². The molecule has 1 aromatic rings. The molecule has 0 aromatic carbocycles. The van der Waals surface area contributed by atoms with E-state index in [1.807, 2.05) is 24.0 Å². The predicted octanol–water partition coefficient (Wildman–Crippen LogP) is 0.589. The Morgan fingerprint density at radius 3 is 2.94 bits per heavy atom. The zero-order valence-electron chi connectivity index (χ0n) is 9.46. The van der Waals surface area contributed by atoms with E-state index in [9.17, 15) is 4.79 Å². The number of hydrogen-bond donors (Lipinski definition) is 2. The molecule has 90 valence electrons. The van der Waals surface area contributed by atoms with Crippen molar-refractivity contribution < 1.29 is 4.79 Å². The molecular weight excluding hydrogens is 236 g/mol. The number of nitrogens with two attached hydrogens (primary N) is 2. The van der Waals surface area contributed by atoms with Crippen LogP contribution in [0.3, 0.4) is 0 Å². The van der Waals surface area contributed by atoms with Crippen LogP contribution in [0.25, 0.3) is 0 Å². The number of carbonyl (C=O) groups is 1. The van der Waals surface area contributed by atoms with Gasteiger partial charge in [-0.25, -0.2) is 0 Å². The number of aromatic nitrogens is 1. The van der Waals surface area contributed by atoms with Gasteiger partial charge < -0.3 is 16.4 Å². The molecule has 0 radical (unpaired) electrons. The van der Waals surface area contributed by atoms with Gasteiger partial charge in [-0.2, -0.15) is 0 Å². The lowest BCUT2D eigenvalue weighted by Crippen LogP contribution is -2.34. The summed E-state index contributed by atoms with van der Waals surface area (Å²) in [6, 6.07) is 3.85. The summed E-state index contributed by atoms with van der Waals surface area (Å²) >= 11 is 1.30. The molecule has 1 aliphatic heterocycles. The van der Waals surface area contributed by atoms with Gasteiger partial charge in [-0.1, -0.05) is 17.8 Å². The number of amides is 1. The smallest absolute Gasteiger partial charge is 0.257 e. The van der Waals surface area contributed by atoms with E-state index >= 15 is 0 Å². The summed E-state index contributed by atoms with van der Waals surface area (Å²) < 4.78 is 0. The minimum absolute atomic E-state index is 0.266. The number of rotatable bonds is 3. The van der Waals surface area contributed by atoms with Crippen LogP contribution in [-0.4, -0.2) is 21.3 Å². The molecule has 6 heteroatoms. The minimum atomic E-state index is -0.420. The second kappa shape index (κ2) is 4.77. The van der Waals surface area contributed by atoms with Crippen LogP contribution in [0.2, 0.25) is 0 Å². The van der Waals surface area contributed by atoms with E-state index in [0.29, 0.717) is 11.4 Å². The summed E-state index contributed by atoms with van der Waals surface area (Å²) in [5.74, 6) is -0.420. The van der Waals surface area contributed by atoms with Gasteiger partial charge in [0.1, 0.15) is 5.50 Å². The standard InChI is InChI=1S/C11H14N4OS/c1-7-9(10(12)16)17-11(13)15(7)6-8-3-2-4-14-5-8/h2-5,11H,6,13H2,1H3,(H2,12,16). The van der Waals surface area contributed by atoms with Gasteiger partial charge in [0, 0.05) is 24.6 Å². The Hall–Kier alpha value is -1.53. The second-order valence-corrected chi connectivity index (χ2v) is 4.90. The Bertz CT molecular complexity index is 460. The number of pyridine rings is 1. The molecule has 1 atom stereocenters. The zero-order valence-corrected chi connectivity index (χ0v) is 10.3. The second-order valence-electron chi connectivity index (χ2n) is 3.78. The highest BCUT2D eigenvalue weighted by Gasteiger charge is 2.30. The summed E-state index contributed by atoms with van der Waals surface area (Å²) in [7, 11) is 0. The maximum absolute atomic E-state index is 11.2. The molecule has 1 aliphatic rings. The van der Waals surface area contributed by atoms with Gasteiger partial charge in [0.25, 0.3) is 5.91 Å². The van der Waals surface area contributed by atoms with Crippen LogP contribution in [0, 0.1) is 0 Å². The van der Waals surface area contributed by atoms with Gasteiger partial charge in [-0.3, -0.25) is 9.78 Å². The molecule has 0 aliphatic carbocycles. The van der Waals surface area contributed by atoms with E-state index in [-0.39, 0.29) is 5.50 Å². The minimum Gasteiger partial charge on any atom is -0.365 e. The molecule has 0 spiro atoms. The molecule has 0 saturated heterocycles. The molecule has 4 N–H and O–H groups in total. The first-order chi connectivity index (χ1) is 8.09. The Kier molecular flexibility index (Phi) is 3.35. The average Bonchev–Trinajstić information content (AvgIpc) is 2.58. The van der Waals surface area contributed by atoms with Crippen LogP contribution in [0.4, 0.5) is 0 Å². The first-order valence-corrected chi connectivity index (χ1v) is 6.06. The van der Waals surface area contributed by atoms with E-state index in [4.69, 9.17) is 11.5 Å². The number of thioether (sulfide) groups is 1. The Morgan fingerprint density at radius 1 is 1.65 bits per heavy atom. The Morgan fingerprint density at radius 2 is 2.41 bits per heavy atom. The molecule has 17 heavy (non-hydrogen) atoms. The molecule has 2 heterocycles. The topological polar surface area (TPSA) is 85.2 Å². The van der Waals surface area contributed by atoms with Crippen LogP contribution < -0.4 is 11.5 Å². The van der Waals surface area contributed by atoms with Gasteiger partial charge in [0.2, 0.25) is 0 Å². The van der Waals surface area contributed by atoms with Crippen LogP contribution in [0.1, 0.15) is 12.5 Å². The lowest BCUT2D eigenvalue weighted by Gasteiger charge is -2.24. The van der Waals surface area contributed by atoms with E-state index < -0.39 is 5.91 Å². The highest BCUT2D eigenvalue weighted by atomic mass is 32.2. The average molecular weight is 250 g/mol. The zero-order chi connectivity index (χ0) is 12.4. The molecule has 0 fully saturated rings. The summed E-state index contributed by atoms with van der Waals surface area (Å²) in [5, 5.41) is 0. The van der Waals surface area contributed by atoms with E-state index in [2.05, 4.69) is 4.98 Å². The van der Waals surface area contributed by atoms with Crippen LogP contribution >= 0.6 is 11.8 Å². The van der Waals surface area contributed by atoms with Gasteiger partial charge in [-0.15, -0.1) is 0 Å². The van der Waals surface area contributed by atoms with Crippen molar-refractivity contribution in [2.75, 3.05) is 0 Å². The van der Waals surface area contributed by atoms with Crippen LogP contribution in [0.5, 0.6) is 0 Å². The molecule has 0 bridgehead atoms. The van der Waals surface area contributed by atoms with Gasteiger partial charge >= 0.3 is 0 Å². The first-order valence-electron chi connectivity index (χ1n) is 5.18. The lowest BCUT2D eigenvalue weighted by atomic mass is 10.2. The third-order valence-corrected chi connectivity index (χ3v) is 3.83. The van der Waals surface area contributed by atoms with Gasteiger partial charge in [0.05, 0.1) is 4.91 Å². The Labute approximate surface area is 104 Å². The monoisotopic (exact) mass is 250 g/mol. The van der Waals surface area contributed by atoms with Crippen molar-refractivity contribution in [1.82, 2.24) is 9.88 Å². The molecular formula is C11H14N4OS. The molecule has 0 saturated carbocycles. The quantitative estimate of drug-likeness (QED) is 0.820. The number of hydrogen-bond acceptors (Lipinski definition) is 5. The Balaban J connectivity index is 2.19. The lowest BCUT2D eigenvalue weighted by molar-refractivity contribution is -0.114. The SMILES string of the molecule is CC1=C(C(N)=O)SC(N)N1Cc1cccnc1. The normalized spacial score (nSPS) is 19.9. The predicted molar refractivity (Wildman–Crippen MR) is 67.2 cm³/mol. The third-order valence-electron chi connectivity index (χ3n) is 2.60. The van der Waals surface area contributed by atoms with E-state index in [0.717, 1.165) is 11.3 Å². The van der Waals surface area contributed by atoms with Crippen molar-refractivity contribution in [1.29, 1.82) is 0 Å². The van der Waals surface area contributed by atoms with Gasteiger partial charge in [0.15, 0.2) is 0 Å².